The van der Waals surface area contributed by atoms with Crippen LogP contribution in [0.2, 0.25) is 0 Å². The Kier molecular flexibility index (Phi) is 4.96. The van der Waals surface area contributed by atoms with Crippen molar-refractivity contribution >= 4 is 0 Å². The summed E-state index contributed by atoms with van der Waals surface area (Å²) in [5.41, 5.74) is 8.55. The van der Waals surface area contributed by atoms with E-state index in [2.05, 4.69) is 18.9 Å². The molecule has 0 amide bonds. The molecule has 0 aliphatic heterocycles. The molecule has 0 radical (unpaired) electrons. The molecule has 0 aliphatic rings. The number of rotatable bonds is 6. The average Bonchev–Trinajstić information content (AvgIpc) is 2.66. The third-order valence-corrected chi connectivity index (χ3v) is 3.02. The fourth-order valence-electron chi connectivity index (χ4n) is 1.90. The van der Waals surface area contributed by atoms with E-state index >= 15 is 0 Å². The molecular formula is C12H23N3O. The molecule has 2 atom stereocenters. The Balaban J connectivity index is 2.74. The summed E-state index contributed by atoms with van der Waals surface area (Å²) in [7, 11) is 3.66. The molecule has 4 nitrogen and oxygen atoms in total. The number of methoxy groups -OCH3 is 1. The lowest BCUT2D eigenvalue weighted by atomic mass is 9.93. The highest BCUT2D eigenvalue weighted by atomic mass is 16.5. The van der Waals surface area contributed by atoms with Crippen molar-refractivity contribution in [3.63, 3.8) is 0 Å². The van der Waals surface area contributed by atoms with E-state index < -0.39 is 0 Å². The Bertz CT molecular complexity index is 322. The van der Waals surface area contributed by atoms with Crippen LogP contribution in [0.3, 0.4) is 0 Å². The maximum Gasteiger partial charge on any atom is 0.0669 e. The zero-order valence-electron chi connectivity index (χ0n) is 10.7. The molecule has 2 unspecified atom stereocenters. The van der Waals surface area contributed by atoms with E-state index in [1.807, 2.05) is 17.9 Å². The standard InChI is InChI=1S/C12H23N3O/c1-5-11-10(8-15(3)14-11)12(13)9(2)6-7-16-4/h8-9,12H,5-7,13H2,1-4H3. The van der Waals surface area contributed by atoms with Gasteiger partial charge in [0.05, 0.1) is 5.69 Å². The van der Waals surface area contributed by atoms with Crippen LogP contribution < -0.4 is 5.73 Å². The lowest BCUT2D eigenvalue weighted by molar-refractivity contribution is 0.174. The molecule has 1 heterocycles. The Hall–Kier alpha value is -0.870. The minimum absolute atomic E-state index is 0.0544. The number of nitrogens with two attached hydrogens (primary N) is 1. The van der Waals surface area contributed by atoms with Crippen LogP contribution >= 0.6 is 0 Å². The van der Waals surface area contributed by atoms with E-state index in [1.165, 1.54) is 5.56 Å². The second-order valence-electron chi connectivity index (χ2n) is 4.34. The highest BCUT2D eigenvalue weighted by molar-refractivity contribution is 5.21. The number of hydrogen-bond acceptors (Lipinski definition) is 3. The first-order chi connectivity index (χ1) is 7.60. The van der Waals surface area contributed by atoms with Gasteiger partial charge in [-0.25, -0.2) is 0 Å². The Morgan fingerprint density at radius 1 is 1.56 bits per heavy atom. The topological polar surface area (TPSA) is 53.1 Å². The summed E-state index contributed by atoms with van der Waals surface area (Å²) < 4.78 is 6.93. The average molecular weight is 225 g/mol. The van der Waals surface area contributed by atoms with Crippen molar-refractivity contribution in [2.75, 3.05) is 13.7 Å². The van der Waals surface area contributed by atoms with E-state index in [-0.39, 0.29) is 6.04 Å². The first-order valence-electron chi connectivity index (χ1n) is 5.87. The summed E-state index contributed by atoms with van der Waals surface area (Å²) in [6, 6.07) is 0.0544. The predicted octanol–water partition coefficient (Wildman–Crippen LogP) is 1.65. The Morgan fingerprint density at radius 3 is 2.81 bits per heavy atom. The third kappa shape index (κ3) is 3.06. The number of hydrogen-bond donors (Lipinski definition) is 1. The van der Waals surface area contributed by atoms with Gasteiger partial charge in [0, 0.05) is 38.6 Å². The van der Waals surface area contributed by atoms with Gasteiger partial charge in [0.15, 0.2) is 0 Å². The van der Waals surface area contributed by atoms with Crippen molar-refractivity contribution in [2.45, 2.75) is 32.7 Å². The van der Waals surface area contributed by atoms with Crippen molar-refractivity contribution in [1.29, 1.82) is 0 Å². The van der Waals surface area contributed by atoms with Crippen LogP contribution in [0.1, 0.15) is 37.6 Å². The lowest BCUT2D eigenvalue weighted by Gasteiger charge is -2.19. The van der Waals surface area contributed by atoms with E-state index in [1.54, 1.807) is 7.11 Å². The molecule has 0 bridgehead atoms. The summed E-state index contributed by atoms with van der Waals surface area (Å²) in [6.45, 7) is 5.03. The normalized spacial score (nSPS) is 15.1. The Labute approximate surface area is 97.8 Å². The monoisotopic (exact) mass is 225 g/mol. The second-order valence-corrected chi connectivity index (χ2v) is 4.34. The smallest absolute Gasteiger partial charge is 0.0669 e. The molecule has 1 aromatic heterocycles. The van der Waals surface area contributed by atoms with Crippen LogP contribution in [0.5, 0.6) is 0 Å². The van der Waals surface area contributed by atoms with Gasteiger partial charge in [-0.05, 0) is 18.8 Å². The minimum atomic E-state index is 0.0544. The molecule has 0 saturated carbocycles. The third-order valence-electron chi connectivity index (χ3n) is 3.02. The summed E-state index contributed by atoms with van der Waals surface area (Å²) in [6.07, 6.45) is 3.95. The van der Waals surface area contributed by atoms with Gasteiger partial charge in [0.25, 0.3) is 0 Å². The van der Waals surface area contributed by atoms with Gasteiger partial charge in [0.1, 0.15) is 0 Å². The molecule has 4 heteroatoms. The molecule has 16 heavy (non-hydrogen) atoms. The van der Waals surface area contributed by atoms with Crippen molar-refractivity contribution in [2.24, 2.45) is 18.7 Å². The van der Waals surface area contributed by atoms with Crippen LogP contribution in [0.25, 0.3) is 0 Å². The molecular weight excluding hydrogens is 202 g/mol. The molecule has 0 spiro atoms. The van der Waals surface area contributed by atoms with Gasteiger partial charge in [-0.15, -0.1) is 0 Å². The van der Waals surface area contributed by atoms with Gasteiger partial charge < -0.3 is 10.5 Å². The molecule has 1 aromatic rings. The zero-order chi connectivity index (χ0) is 12.1. The molecule has 0 aromatic carbocycles. The van der Waals surface area contributed by atoms with Gasteiger partial charge in [-0.1, -0.05) is 13.8 Å². The van der Waals surface area contributed by atoms with Crippen molar-refractivity contribution in [1.82, 2.24) is 9.78 Å². The fraction of sp³-hybridized carbons (Fsp3) is 0.750. The summed E-state index contributed by atoms with van der Waals surface area (Å²) in [5.74, 6) is 0.412. The number of aromatic nitrogens is 2. The maximum atomic E-state index is 6.26. The first kappa shape index (κ1) is 13.2. The summed E-state index contributed by atoms with van der Waals surface area (Å²) in [5, 5.41) is 4.42. The van der Waals surface area contributed by atoms with Crippen LogP contribution in [0.4, 0.5) is 0 Å². The van der Waals surface area contributed by atoms with Crippen LogP contribution in [0, 0.1) is 5.92 Å². The first-order valence-corrected chi connectivity index (χ1v) is 5.87. The van der Waals surface area contributed by atoms with Gasteiger partial charge in [-0.2, -0.15) is 5.10 Å². The summed E-state index contributed by atoms with van der Waals surface area (Å²) in [4.78, 5) is 0. The Morgan fingerprint density at radius 2 is 2.25 bits per heavy atom. The van der Waals surface area contributed by atoms with Gasteiger partial charge in [0.2, 0.25) is 0 Å². The molecule has 0 saturated heterocycles. The summed E-state index contributed by atoms with van der Waals surface area (Å²) >= 11 is 0. The van der Waals surface area contributed by atoms with Crippen LogP contribution in [-0.4, -0.2) is 23.5 Å². The largest absolute Gasteiger partial charge is 0.385 e. The number of aryl methyl sites for hydroxylation is 2. The van der Waals surface area contributed by atoms with Gasteiger partial charge >= 0.3 is 0 Å². The van der Waals surface area contributed by atoms with E-state index in [9.17, 15) is 0 Å². The van der Waals surface area contributed by atoms with Gasteiger partial charge in [-0.3, -0.25) is 4.68 Å². The van der Waals surface area contributed by atoms with E-state index in [0.29, 0.717) is 5.92 Å². The van der Waals surface area contributed by atoms with Crippen molar-refractivity contribution in [3.8, 4) is 0 Å². The van der Waals surface area contributed by atoms with E-state index in [4.69, 9.17) is 10.5 Å². The van der Waals surface area contributed by atoms with Crippen molar-refractivity contribution < 1.29 is 4.74 Å². The molecule has 1 rings (SSSR count). The highest BCUT2D eigenvalue weighted by Gasteiger charge is 2.19. The SMILES string of the molecule is CCc1nn(C)cc1C(N)C(C)CCOC. The highest BCUT2D eigenvalue weighted by Crippen LogP contribution is 2.24. The molecule has 0 aliphatic carbocycles. The predicted molar refractivity (Wildman–Crippen MR) is 65.2 cm³/mol. The van der Waals surface area contributed by atoms with Crippen molar-refractivity contribution in [3.05, 3.63) is 17.5 Å². The molecule has 92 valence electrons. The molecule has 2 N–H and O–H groups in total. The molecule has 0 fully saturated rings. The fourth-order valence-corrected chi connectivity index (χ4v) is 1.90. The van der Waals surface area contributed by atoms with Crippen LogP contribution in [-0.2, 0) is 18.2 Å². The van der Waals surface area contributed by atoms with Crippen LogP contribution in [0.15, 0.2) is 6.20 Å². The zero-order valence-corrected chi connectivity index (χ0v) is 10.7. The second kappa shape index (κ2) is 6.01. The lowest BCUT2D eigenvalue weighted by Crippen LogP contribution is -2.21. The number of nitrogens with zero attached hydrogens (tertiary/aromatic N) is 2. The quantitative estimate of drug-likeness (QED) is 0.801. The number of ether oxygens (including phenoxy) is 1. The maximum absolute atomic E-state index is 6.26. The van der Waals surface area contributed by atoms with E-state index in [0.717, 1.165) is 25.1 Å². The minimum Gasteiger partial charge on any atom is -0.385 e.